The SMILES string of the molecule is CC(C)N(CCC#N)c1nc(CC(=O)O)cs1. The van der Waals surface area contributed by atoms with Crippen molar-refractivity contribution in [2.45, 2.75) is 32.7 Å². The lowest BCUT2D eigenvalue weighted by molar-refractivity contribution is -0.136. The van der Waals surface area contributed by atoms with Gasteiger partial charge in [0.15, 0.2) is 5.13 Å². The highest BCUT2D eigenvalue weighted by Gasteiger charge is 2.15. The van der Waals surface area contributed by atoms with Gasteiger partial charge in [0.1, 0.15) is 0 Å². The first-order valence-electron chi connectivity index (χ1n) is 5.34. The van der Waals surface area contributed by atoms with E-state index >= 15 is 0 Å². The molecule has 0 aliphatic heterocycles. The topological polar surface area (TPSA) is 77.2 Å². The van der Waals surface area contributed by atoms with E-state index in [1.54, 1.807) is 5.38 Å². The Kier molecular flexibility index (Phi) is 4.91. The molecule has 0 atom stereocenters. The van der Waals surface area contributed by atoms with Crippen molar-refractivity contribution in [1.82, 2.24) is 4.98 Å². The Labute approximate surface area is 104 Å². The van der Waals surface area contributed by atoms with Crippen molar-refractivity contribution in [3.8, 4) is 6.07 Å². The van der Waals surface area contributed by atoms with Crippen molar-refractivity contribution >= 4 is 22.4 Å². The third kappa shape index (κ3) is 4.04. The fourth-order valence-electron chi connectivity index (χ4n) is 1.41. The van der Waals surface area contributed by atoms with Crippen LogP contribution in [0.25, 0.3) is 0 Å². The monoisotopic (exact) mass is 253 g/mol. The molecule has 0 bridgehead atoms. The number of anilines is 1. The summed E-state index contributed by atoms with van der Waals surface area (Å²) in [6.45, 7) is 4.67. The Morgan fingerprint density at radius 3 is 2.94 bits per heavy atom. The maximum absolute atomic E-state index is 10.6. The van der Waals surface area contributed by atoms with Crippen LogP contribution >= 0.6 is 11.3 Å². The van der Waals surface area contributed by atoms with Gasteiger partial charge in [0.05, 0.1) is 24.6 Å². The molecular formula is C11H15N3O2S. The lowest BCUT2D eigenvalue weighted by Crippen LogP contribution is -2.31. The number of nitrogens with zero attached hydrogens (tertiary/aromatic N) is 3. The van der Waals surface area contributed by atoms with Crippen molar-refractivity contribution in [1.29, 1.82) is 5.26 Å². The second-order valence-corrected chi connectivity index (χ2v) is 4.72. The molecule has 0 amide bonds. The molecule has 0 aromatic carbocycles. The predicted octanol–water partition coefficient (Wildman–Crippen LogP) is 1.90. The van der Waals surface area contributed by atoms with Crippen LogP contribution in [-0.4, -0.2) is 28.6 Å². The average Bonchev–Trinajstić information content (AvgIpc) is 2.65. The number of carboxylic acid groups (broad SMARTS) is 1. The van der Waals surface area contributed by atoms with Gasteiger partial charge >= 0.3 is 5.97 Å². The Hall–Kier alpha value is -1.61. The zero-order valence-corrected chi connectivity index (χ0v) is 10.7. The Bertz CT molecular complexity index is 423. The van der Waals surface area contributed by atoms with Crippen LogP contribution in [0, 0.1) is 11.3 Å². The molecule has 1 N–H and O–H groups in total. The first-order valence-corrected chi connectivity index (χ1v) is 6.22. The molecule has 17 heavy (non-hydrogen) atoms. The smallest absolute Gasteiger partial charge is 0.309 e. The summed E-state index contributed by atoms with van der Waals surface area (Å²) in [5, 5.41) is 19.8. The summed E-state index contributed by atoms with van der Waals surface area (Å²) in [4.78, 5) is 16.9. The highest BCUT2D eigenvalue weighted by atomic mass is 32.1. The van der Waals surface area contributed by atoms with Gasteiger partial charge in [-0.15, -0.1) is 11.3 Å². The Morgan fingerprint density at radius 1 is 1.71 bits per heavy atom. The van der Waals surface area contributed by atoms with Gasteiger partial charge in [-0.25, -0.2) is 4.98 Å². The van der Waals surface area contributed by atoms with Crippen molar-refractivity contribution in [2.75, 3.05) is 11.4 Å². The lowest BCUT2D eigenvalue weighted by atomic mass is 10.3. The van der Waals surface area contributed by atoms with Crippen molar-refractivity contribution in [3.05, 3.63) is 11.1 Å². The normalized spacial score (nSPS) is 10.2. The molecule has 1 aromatic heterocycles. The number of carboxylic acids is 1. The predicted molar refractivity (Wildman–Crippen MR) is 66.2 cm³/mol. The summed E-state index contributed by atoms with van der Waals surface area (Å²) in [5.41, 5.74) is 0.570. The summed E-state index contributed by atoms with van der Waals surface area (Å²) in [6.07, 6.45) is 0.382. The summed E-state index contributed by atoms with van der Waals surface area (Å²) in [7, 11) is 0. The second kappa shape index (κ2) is 6.21. The molecule has 0 radical (unpaired) electrons. The van der Waals surface area contributed by atoms with E-state index in [4.69, 9.17) is 10.4 Å². The quantitative estimate of drug-likeness (QED) is 0.837. The molecule has 0 saturated heterocycles. The zero-order valence-electron chi connectivity index (χ0n) is 9.88. The molecule has 0 fully saturated rings. The fourth-order valence-corrected chi connectivity index (χ4v) is 2.39. The number of aliphatic carboxylic acids is 1. The van der Waals surface area contributed by atoms with Gasteiger partial charge in [-0.1, -0.05) is 0 Å². The summed E-state index contributed by atoms with van der Waals surface area (Å²) in [6, 6.07) is 2.35. The molecule has 0 unspecified atom stereocenters. The minimum absolute atomic E-state index is 0.0549. The molecule has 0 saturated carbocycles. The molecule has 0 aliphatic carbocycles. The van der Waals surface area contributed by atoms with Gasteiger partial charge < -0.3 is 10.0 Å². The third-order valence-corrected chi connectivity index (χ3v) is 3.13. The number of hydrogen-bond donors (Lipinski definition) is 1. The lowest BCUT2D eigenvalue weighted by Gasteiger charge is -2.24. The molecule has 92 valence electrons. The van der Waals surface area contributed by atoms with Gasteiger partial charge in [0.25, 0.3) is 0 Å². The van der Waals surface area contributed by atoms with Crippen LogP contribution in [0.4, 0.5) is 5.13 Å². The van der Waals surface area contributed by atoms with E-state index in [0.29, 0.717) is 18.7 Å². The van der Waals surface area contributed by atoms with E-state index < -0.39 is 5.97 Å². The maximum Gasteiger partial charge on any atom is 0.309 e. The van der Waals surface area contributed by atoms with E-state index in [-0.39, 0.29) is 12.5 Å². The number of carbonyl (C=O) groups is 1. The van der Waals surface area contributed by atoms with Crippen LogP contribution in [0.15, 0.2) is 5.38 Å². The van der Waals surface area contributed by atoms with Gasteiger partial charge in [-0.05, 0) is 13.8 Å². The zero-order chi connectivity index (χ0) is 12.8. The number of aromatic nitrogens is 1. The highest BCUT2D eigenvalue weighted by Crippen LogP contribution is 2.23. The van der Waals surface area contributed by atoms with Crippen LogP contribution in [0.5, 0.6) is 0 Å². The summed E-state index contributed by atoms with van der Waals surface area (Å²) < 4.78 is 0. The maximum atomic E-state index is 10.6. The highest BCUT2D eigenvalue weighted by molar-refractivity contribution is 7.13. The minimum Gasteiger partial charge on any atom is -0.481 e. The Balaban J connectivity index is 2.77. The van der Waals surface area contributed by atoms with Crippen LogP contribution in [0.3, 0.4) is 0 Å². The van der Waals surface area contributed by atoms with Crippen molar-refractivity contribution in [2.24, 2.45) is 0 Å². The fraction of sp³-hybridized carbons (Fsp3) is 0.545. The van der Waals surface area contributed by atoms with Gasteiger partial charge in [-0.3, -0.25) is 4.79 Å². The molecule has 5 nitrogen and oxygen atoms in total. The molecule has 0 aliphatic rings. The average molecular weight is 253 g/mol. The summed E-state index contributed by atoms with van der Waals surface area (Å²) in [5.74, 6) is -0.880. The number of nitriles is 1. The standard InChI is InChI=1S/C11H15N3O2S/c1-8(2)14(5-3-4-12)11-13-9(7-17-11)6-10(15)16/h7-8H,3,5-6H2,1-2H3,(H,15,16). The molecule has 0 spiro atoms. The Morgan fingerprint density at radius 2 is 2.41 bits per heavy atom. The molecule has 1 rings (SSSR count). The minimum atomic E-state index is -0.880. The van der Waals surface area contributed by atoms with Crippen LogP contribution in [0.2, 0.25) is 0 Å². The number of thiazole rings is 1. The van der Waals surface area contributed by atoms with Gasteiger partial charge in [0, 0.05) is 18.0 Å². The van der Waals surface area contributed by atoms with Gasteiger partial charge in [-0.2, -0.15) is 5.26 Å². The van der Waals surface area contributed by atoms with E-state index in [1.165, 1.54) is 11.3 Å². The first kappa shape index (κ1) is 13.5. The van der Waals surface area contributed by atoms with Crippen molar-refractivity contribution in [3.63, 3.8) is 0 Å². The van der Waals surface area contributed by atoms with Crippen LogP contribution in [0.1, 0.15) is 26.0 Å². The van der Waals surface area contributed by atoms with Crippen molar-refractivity contribution < 1.29 is 9.90 Å². The second-order valence-electron chi connectivity index (χ2n) is 3.89. The first-order chi connectivity index (χ1) is 8.04. The van der Waals surface area contributed by atoms with E-state index in [9.17, 15) is 4.79 Å². The molecule has 1 aromatic rings. The largest absolute Gasteiger partial charge is 0.481 e. The molecular weight excluding hydrogens is 238 g/mol. The summed E-state index contributed by atoms with van der Waals surface area (Å²) >= 11 is 1.42. The number of hydrogen-bond acceptors (Lipinski definition) is 5. The molecule has 6 heteroatoms. The molecule has 1 heterocycles. The van der Waals surface area contributed by atoms with E-state index in [1.807, 2.05) is 18.7 Å². The number of rotatable bonds is 6. The van der Waals surface area contributed by atoms with Gasteiger partial charge in [0.2, 0.25) is 0 Å². The van der Waals surface area contributed by atoms with E-state index in [0.717, 1.165) is 5.13 Å². The van der Waals surface area contributed by atoms with Crippen LogP contribution < -0.4 is 4.90 Å². The van der Waals surface area contributed by atoms with E-state index in [2.05, 4.69) is 11.1 Å². The van der Waals surface area contributed by atoms with Crippen LogP contribution in [-0.2, 0) is 11.2 Å². The third-order valence-electron chi connectivity index (χ3n) is 2.21.